The molecule has 1 aromatic carbocycles. The number of anilines is 1. The molecule has 0 aliphatic heterocycles. The fourth-order valence-electron chi connectivity index (χ4n) is 2.91. The monoisotopic (exact) mass is 274 g/mol. The molecule has 0 atom stereocenters. The van der Waals surface area contributed by atoms with Crippen LogP contribution in [-0.4, -0.2) is 23.4 Å². The summed E-state index contributed by atoms with van der Waals surface area (Å²) in [5.74, 6) is 0.718. The van der Waals surface area contributed by atoms with Gasteiger partial charge in [0, 0.05) is 18.3 Å². The molecule has 0 radical (unpaired) electrons. The number of nitrogen functional groups attached to an aromatic ring is 1. The minimum absolute atomic E-state index is 0.107. The van der Waals surface area contributed by atoms with E-state index >= 15 is 0 Å². The molecule has 110 valence electrons. The Morgan fingerprint density at radius 3 is 2.55 bits per heavy atom. The molecular weight excluding hydrogens is 248 g/mol. The van der Waals surface area contributed by atoms with Crippen LogP contribution in [0.3, 0.4) is 0 Å². The zero-order valence-corrected chi connectivity index (χ0v) is 12.6. The normalized spacial score (nSPS) is 15.8. The average molecular weight is 274 g/mol. The van der Waals surface area contributed by atoms with Crippen LogP contribution in [-0.2, 0) is 0 Å². The Balaban J connectivity index is 2.16. The van der Waals surface area contributed by atoms with Crippen LogP contribution in [0.25, 0.3) is 0 Å². The van der Waals surface area contributed by atoms with E-state index in [2.05, 4.69) is 18.7 Å². The van der Waals surface area contributed by atoms with Gasteiger partial charge in [-0.05, 0) is 37.3 Å². The third-order valence-corrected chi connectivity index (χ3v) is 4.16. The molecule has 1 amide bonds. The predicted octanol–water partition coefficient (Wildman–Crippen LogP) is 3.70. The molecule has 0 unspecified atom stereocenters. The molecule has 0 spiro atoms. The molecule has 3 heteroatoms. The van der Waals surface area contributed by atoms with E-state index in [9.17, 15) is 4.79 Å². The lowest BCUT2D eigenvalue weighted by molar-refractivity contribution is 0.0673. The number of rotatable bonds is 5. The molecule has 1 fully saturated rings. The van der Waals surface area contributed by atoms with Gasteiger partial charge in [0.15, 0.2) is 0 Å². The lowest BCUT2D eigenvalue weighted by atomic mass is 10.1. The molecule has 3 nitrogen and oxygen atoms in total. The van der Waals surface area contributed by atoms with Gasteiger partial charge in [-0.2, -0.15) is 0 Å². The molecule has 1 saturated carbocycles. The Bertz CT molecular complexity index is 450. The lowest BCUT2D eigenvalue weighted by Gasteiger charge is -2.30. The van der Waals surface area contributed by atoms with E-state index in [1.54, 1.807) is 0 Å². The van der Waals surface area contributed by atoms with Gasteiger partial charge in [0.2, 0.25) is 0 Å². The van der Waals surface area contributed by atoms with Gasteiger partial charge in [-0.1, -0.05) is 38.8 Å². The van der Waals surface area contributed by atoms with Crippen LogP contribution in [0, 0.1) is 5.92 Å². The molecular formula is C17H26N2O. The SMILES string of the molecule is CC(C)CCN(C(=O)c1ccccc1N)C1CCCC1. The van der Waals surface area contributed by atoms with Crippen molar-refractivity contribution in [2.24, 2.45) is 5.92 Å². The lowest BCUT2D eigenvalue weighted by Crippen LogP contribution is -2.40. The van der Waals surface area contributed by atoms with Gasteiger partial charge in [-0.15, -0.1) is 0 Å². The highest BCUT2D eigenvalue weighted by Crippen LogP contribution is 2.26. The first kappa shape index (κ1) is 14.9. The first-order valence-corrected chi connectivity index (χ1v) is 7.75. The van der Waals surface area contributed by atoms with Crippen LogP contribution in [0.1, 0.15) is 56.3 Å². The van der Waals surface area contributed by atoms with Gasteiger partial charge in [0.05, 0.1) is 5.56 Å². The molecule has 1 aromatic rings. The smallest absolute Gasteiger partial charge is 0.256 e. The molecule has 2 N–H and O–H groups in total. The van der Waals surface area contributed by atoms with Gasteiger partial charge < -0.3 is 10.6 Å². The van der Waals surface area contributed by atoms with Crippen molar-refractivity contribution in [2.75, 3.05) is 12.3 Å². The minimum Gasteiger partial charge on any atom is -0.398 e. The number of carbonyl (C=O) groups excluding carboxylic acids is 1. The van der Waals surface area contributed by atoms with Crippen molar-refractivity contribution in [3.05, 3.63) is 29.8 Å². The summed E-state index contributed by atoms with van der Waals surface area (Å²) in [5, 5.41) is 0. The number of nitrogens with two attached hydrogens (primary N) is 1. The molecule has 0 aromatic heterocycles. The van der Waals surface area contributed by atoms with Crippen molar-refractivity contribution in [1.29, 1.82) is 0 Å². The molecule has 1 aliphatic rings. The zero-order valence-electron chi connectivity index (χ0n) is 12.6. The van der Waals surface area contributed by atoms with E-state index < -0.39 is 0 Å². The van der Waals surface area contributed by atoms with E-state index in [-0.39, 0.29) is 5.91 Å². The summed E-state index contributed by atoms with van der Waals surface area (Å²) in [6.07, 6.45) is 5.79. The second kappa shape index (κ2) is 6.78. The van der Waals surface area contributed by atoms with Crippen LogP contribution in [0.4, 0.5) is 5.69 Å². The molecule has 1 aliphatic carbocycles. The van der Waals surface area contributed by atoms with Crippen molar-refractivity contribution in [1.82, 2.24) is 4.90 Å². The van der Waals surface area contributed by atoms with Gasteiger partial charge >= 0.3 is 0 Å². The third kappa shape index (κ3) is 3.53. The molecule has 0 bridgehead atoms. The number of amides is 1. The van der Waals surface area contributed by atoms with Crippen LogP contribution < -0.4 is 5.73 Å². The van der Waals surface area contributed by atoms with E-state index in [0.717, 1.165) is 25.8 Å². The van der Waals surface area contributed by atoms with Crippen molar-refractivity contribution in [3.8, 4) is 0 Å². The maximum atomic E-state index is 12.8. The predicted molar refractivity (Wildman–Crippen MR) is 83.6 cm³/mol. The topological polar surface area (TPSA) is 46.3 Å². The first-order valence-electron chi connectivity index (χ1n) is 7.75. The number of benzene rings is 1. The summed E-state index contributed by atoms with van der Waals surface area (Å²) in [6, 6.07) is 7.82. The number of nitrogens with zero attached hydrogens (tertiary/aromatic N) is 1. The van der Waals surface area contributed by atoms with Crippen molar-refractivity contribution in [3.63, 3.8) is 0 Å². The number of para-hydroxylation sites is 1. The zero-order chi connectivity index (χ0) is 14.5. The summed E-state index contributed by atoms with van der Waals surface area (Å²) >= 11 is 0. The van der Waals surface area contributed by atoms with Crippen molar-refractivity contribution >= 4 is 11.6 Å². The van der Waals surface area contributed by atoms with E-state index in [0.29, 0.717) is 23.2 Å². The summed E-state index contributed by atoms with van der Waals surface area (Å²) in [7, 11) is 0. The molecule has 0 saturated heterocycles. The average Bonchev–Trinajstić information content (AvgIpc) is 2.93. The quantitative estimate of drug-likeness (QED) is 0.832. The van der Waals surface area contributed by atoms with E-state index in [1.165, 1.54) is 12.8 Å². The Hall–Kier alpha value is -1.51. The Morgan fingerprint density at radius 1 is 1.30 bits per heavy atom. The second-order valence-corrected chi connectivity index (χ2v) is 6.21. The van der Waals surface area contributed by atoms with Crippen molar-refractivity contribution in [2.45, 2.75) is 52.0 Å². The Kier molecular flexibility index (Phi) is 5.05. The summed E-state index contributed by atoms with van der Waals surface area (Å²) < 4.78 is 0. The number of carbonyl (C=O) groups is 1. The van der Waals surface area contributed by atoms with Gasteiger partial charge in [0.25, 0.3) is 5.91 Å². The number of hydrogen-bond donors (Lipinski definition) is 1. The van der Waals surface area contributed by atoms with Crippen LogP contribution >= 0.6 is 0 Å². The highest BCUT2D eigenvalue weighted by Gasteiger charge is 2.28. The fourth-order valence-corrected chi connectivity index (χ4v) is 2.91. The van der Waals surface area contributed by atoms with Crippen LogP contribution in [0.2, 0.25) is 0 Å². The molecule has 0 heterocycles. The van der Waals surface area contributed by atoms with E-state index in [4.69, 9.17) is 5.73 Å². The minimum atomic E-state index is 0.107. The van der Waals surface area contributed by atoms with Crippen LogP contribution in [0.5, 0.6) is 0 Å². The van der Waals surface area contributed by atoms with Crippen molar-refractivity contribution < 1.29 is 4.79 Å². The van der Waals surface area contributed by atoms with Gasteiger partial charge in [0.1, 0.15) is 0 Å². The highest BCUT2D eigenvalue weighted by molar-refractivity contribution is 5.99. The Labute approximate surface area is 122 Å². The maximum absolute atomic E-state index is 12.8. The third-order valence-electron chi connectivity index (χ3n) is 4.16. The number of hydrogen-bond acceptors (Lipinski definition) is 2. The first-order chi connectivity index (χ1) is 9.59. The van der Waals surface area contributed by atoms with Crippen LogP contribution in [0.15, 0.2) is 24.3 Å². The maximum Gasteiger partial charge on any atom is 0.256 e. The molecule has 2 rings (SSSR count). The standard InChI is InChI=1S/C17H26N2O/c1-13(2)11-12-19(14-7-3-4-8-14)17(20)15-9-5-6-10-16(15)18/h5-6,9-10,13-14H,3-4,7-8,11-12,18H2,1-2H3. The largest absolute Gasteiger partial charge is 0.398 e. The second-order valence-electron chi connectivity index (χ2n) is 6.21. The highest BCUT2D eigenvalue weighted by atomic mass is 16.2. The Morgan fingerprint density at radius 2 is 1.95 bits per heavy atom. The van der Waals surface area contributed by atoms with E-state index in [1.807, 2.05) is 24.3 Å². The fraction of sp³-hybridized carbons (Fsp3) is 0.588. The summed E-state index contributed by atoms with van der Waals surface area (Å²) in [4.78, 5) is 14.9. The molecule has 20 heavy (non-hydrogen) atoms. The van der Waals surface area contributed by atoms with Gasteiger partial charge in [-0.25, -0.2) is 0 Å². The summed E-state index contributed by atoms with van der Waals surface area (Å²) in [5.41, 5.74) is 7.21. The summed E-state index contributed by atoms with van der Waals surface area (Å²) in [6.45, 7) is 5.25. The van der Waals surface area contributed by atoms with Gasteiger partial charge in [-0.3, -0.25) is 4.79 Å².